The normalized spacial score (nSPS) is 12.8. The maximum absolute atomic E-state index is 10.7. The average Bonchev–Trinajstić information content (AvgIpc) is 2.54. The van der Waals surface area contributed by atoms with Gasteiger partial charge >= 0.3 is 58.4 Å². The molecule has 4 nitrogen and oxygen atoms in total. The van der Waals surface area contributed by atoms with Crippen LogP contribution in [0.15, 0.2) is 0 Å². The van der Waals surface area contributed by atoms with Crippen molar-refractivity contribution < 1.29 is 78.0 Å². The Morgan fingerprint density at radius 1 is 0.655 bits per heavy atom. The van der Waals surface area contributed by atoms with Gasteiger partial charge in [0.25, 0.3) is 0 Å². The Morgan fingerprint density at radius 2 is 0.931 bits per heavy atom. The van der Waals surface area contributed by atoms with Crippen LogP contribution < -0.4 is 19.6 Å². The van der Waals surface area contributed by atoms with Crippen molar-refractivity contribution in [2.45, 2.75) is 79.1 Å². The van der Waals surface area contributed by atoms with Crippen molar-refractivity contribution in [2.75, 3.05) is 11.5 Å². The van der Waals surface area contributed by atoms with E-state index in [4.69, 9.17) is 0 Å². The smallest absolute Gasteiger partial charge is 0.816 e. The summed E-state index contributed by atoms with van der Waals surface area (Å²) < 4.78 is 0. The molecule has 0 rings (SSSR count). The van der Waals surface area contributed by atoms with E-state index >= 15 is 0 Å². The molecule has 0 N–H and O–H groups in total. The Labute approximate surface area is 235 Å². The van der Waals surface area contributed by atoms with Gasteiger partial charge in [0.15, 0.2) is 11.5 Å². The van der Waals surface area contributed by atoms with E-state index in [1.54, 1.807) is 0 Å². The summed E-state index contributed by atoms with van der Waals surface area (Å²) in [6.45, 7) is 8.48. The van der Waals surface area contributed by atoms with E-state index in [-0.39, 0.29) is 58.4 Å². The van der Waals surface area contributed by atoms with Crippen molar-refractivity contribution in [2.24, 2.45) is 11.8 Å². The second kappa shape index (κ2) is 26.3. The Balaban J connectivity index is -0.000000120. The number of hydrogen-bond donors (Lipinski definition) is 0. The van der Waals surface area contributed by atoms with Gasteiger partial charge in [0, 0.05) is 11.8 Å². The van der Waals surface area contributed by atoms with Gasteiger partial charge in [0.2, 0.25) is 0 Å². The Bertz CT molecular complexity index is 395. The van der Waals surface area contributed by atoms with Gasteiger partial charge in [0.05, 0.1) is 21.9 Å². The summed E-state index contributed by atoms with van der Waals surface area (Å²) in [5.74, 6) is 2.35. The predicted octanol–water partition coefficient (Wildman–Crippen LogP) is 2.45. The molecule has 0 spiro atoms. The molecule has 160 valence electrons. The molecule has 29 heavy (non-hydrogen) atoms. The second-order valence-electron chi connectivity index (χ2n) is 6.32. The van der Waals surface area contributed by atoms with Crippen LogP contribution in [0.4, 0.5) is 0 Å². The van der Waals surface area contributed by atoms with Crippen LogP contribution in [0.1, 0.15) is 79.1 Å². The zero-order chi connectivity index (χ0) is 20.6. The van der Waals surface area contributed by atoms with E-state index in [1.807, 2.05) is 0 Å². The van der Waals surface area contributed by atoms with Crippen molar-refractivity contribution in [1.29, 1.82) is 0 Å². The fourth-order valence-electron chi connectivity index (χ4n) is 2.19. The Kier molecular flexibility index (Phi) is 38.9. The van der Waals surface area contributed by atoms with Gasteiger partial charge in [-0.25, -0.2) is 0 Å². The van der Waals surface area contributed by atoms with Crippen LogP contribution in [0.25, 0.3) is 0 Å². The minimum atomic E-state index is -3.51. The van der Waals surface area contributed by atoms with Crippen LogP contribution in [0, 0.1) is 11.8 Å². The quantitative estimate of drug-likeness (QED) is 0.137. The maximum Gasteiger partial charge on any atom is 2.00 e. The molecule has 0 fully saturated rings. The van der Waals surface area contributed by atoms with E-state index in [9.17, 15) is 19.6 Å². The summed E-state index contributed by atoms with van der Waals surface area (Å²) >= 11 is 8.65. The first-order chi connectivity index (χ1) is 12.0. The van der Waals surface area contributed by atoms with Gasteiger partial charge in [-0.15, -0.1) is 0 Å². The summed E-state index contributed by atoms with van der Waals surface area (Å²) in [6, 6.07) is 0. The second-order valence-corrected chi connectivity index (χ2v) is 18.0. The minimum Gasteiger partial charge on any atom is -0.816 e. The molecule has 0 aromatic rings. The summed E-state index contributed by atoms with van der Waals surface area (Å²) in [4.78, 5) is 42.9. The van der Waals surface area contributed by atoms with Crippen LogP contribution in [0.3, 0.4) is 0 Å². The van der Waals surface area contributed by atoms with E-state index in [1.165, 1.54) is 25.7 Å². The number of hydrogen-bond acceptors (Lipinski definition) is 6. The molecule has 0 aliphatic heterocycles. The first-order valence-electron chi connectivity index (χ1n) is 9.32. The van der Waals surface area contributed by atoms with Gasteiger partial charge in [-0.3, -0.25) is 0 Å². The third kappa shape index (κ3) is 36.5. The zero-order valence-corrected chi connectivity index (χ0v) is 32.5. The molecular weight excluding hydrogens is 643 g/mol. The van der Waals surface area contributed by atoms with Crippen LogP contribution in [-0.2, 0) is 105 Å². The molecular formula is C16H34O4P2S4Zn3+2. The molecule has 0 aliphatic rings. The fourth-order valence-corrected chi connectivity index (χ4v) is 7.24. The maximum atomic E-state index is 10.7. The predicted molar refractivity (Wildman–Crippen MR) is 120 cm³/mol. The first kappa shape index (κ1) is 42.8. The molecule has 0 aromatic carbocycles. The standard InChI is InChI=1S/2C8H17O2PS2.3Zn/c2*1-3-5-6-8(4-2)7-13-11(9,10)12;;;/h2*8H,3-7H2,1-2H3;;;/q2*-2;3*+2. The van der Waals surface area contributed by atoms with E-state index in [2.05, 4.69) is 52.2 Å². The van der Waals surface area contributed by atoms with E-state index < -0.39 is 11.4 Å². The summed E-state index contributed by atoms with van der Waals surface area (Å²) in [5, 5.41) is 0. The third-order valence-corrected chi connectivity index (χ3v) is 10.6. The van der Waals surface area contributed by atoms with Gasteiger partial charge < -0.3 is 44.1 Å². The molecule has 0 bridgehead atoms. The third-order valence-electron chi connectivity index (χ3n) is 4.02. The van der Waals surface area contributed by atoms with Crippen molar-refractivity contribution >= 4 is 57.8 Å². The fraction of sp³-hybridized carbons (Fsp3) is 1.00. The SMILES string of the molecule is CCCCC(CC)C[S+]=P([O-])([O-])[S-].CCCCC(CC)C[S+]=P([O-])([O-])[S-].[Zn+2].[Zn+2].[Zn+2]. The van der Waals surface area contributed by atoms with E-state index in [0.29, 0.717) is 23.3 Å². The molecule has 0 aromatic heterocycles. The largest absolute Gasteiger partial charge is 2.00 e. The van der Waals surface area contributed by atoms with Crippen LogP contribution in [0.5, 0.6) is 0 Å². The topological polar surface area (TPSA) is 92.2 Å². The van der Waals surface area contributed by atoms with Gasteiger partial charge in [-0.05, 0) is 25.7 Å². The molecule has 0 aliphatic carbocycles. The zero-order valence-electron chi connectivity index (χ0n) is 18.5. The molecule has 2 unspecified atom stereocenters. The first-order valence-corrected chi connectivity index (χ1v) is 17.8. The summed E-state index contributed by atoms with van der Waals surface area (Å²) in [6.07, 6.45) is 9.03. The van der Waals surface area contributed by atoms with Crippen molar-refractivity contribution in [3.63, 3.8) is 0 Å². The van der Waals surface area contributed by atoms with E-state index in [0.717, 1.165) is 47.6 Å². The molecule has 2 atom stereocenters. The molecule has 0 heterocycles. The molecule has 0 saturated heterocycles. The summed E-state index contributed by atoms with van der Waals surface area (Å²) in [7, 11) is 1.86. The molecule has 0 saturated carbocycles. The van der Waals surface area contributed by atoms with Crippen molar-refractivity contribution in [3.8, 4) is 0 Å². The van der Waals surface area contributed by atoms with Crippen LogP contribution in [0.2, 0.25) is 0 Å². The molecule has 0 radical (unpaired) electrons. The van der Waals surface area contributed by atoms with Crippen LogP contribution in [-0.4, -0.2) is 11.5 Å². The van der Waals surface area contributed by atoms with Crippen molar-refractivity contribution in [1.82, 2.24) is 0 Å². The number of rotatable bonds is 12. The molecule has 0 amide bonds. The number of unbranched alkanes of at least 4 members (excludes halogenated alkanes) is 2. The summed E-state index contributed by atoms with van der Waals surface area (Å²) in [5.41, 5.74) is -7.03. The monoisotopic (exact) mass is 672 g/mol. The average molecular weight is 677 g/mol. The van der Waals surface area contributed by atoms with Gasteiger partial charge in [-0.2, -0.15) is 11.4 Å². The van der Waals surface area contributed by atoms with Gasteiger partial charge in [-0.1, -0.05) is 53.4 Å². The van der Waals surface area contributed by atoms with Crippen LogP contribution >= 0.6 is 11.4 Å². The minimum absolute atomic E-state index is 0. The van der Waals surface area contributed by atoms with Crippen molar-refractivity contribution in [3.05, 3.63) is 0 Å². The Morgan fingerprint density at radius 3 is 1.10 bits per heavy atom. The van der Waals surface area contributed by atoms with Gasteiger partial charge in [0.1, 0.15) is 0 Å². The Hall–Kier alpha value is 3.71. The molecule has 13 heteroatoms.